The van der Waals surface area contributed by atoms with Gasteiger partial charge in [-0.3, -0.25) is 4.79 Å². The third-order valence-corrected chi connectivity index (χ3v) is 5.64. The van der Waals surface area contributed by atoms with E-state index in [0.29, 0.717) is 25.4 Å². The molecule has 0 heterocycles. The van der Waals surface area contributed by atoms with Crippen LogP contribution in [0.25, 0.3) is 0 Å². The third-order valence-electron chi connectivity index (χ3n) is 4.17. The predicted octanol–water partition coefficient (Wildman–Crippen LogP) is 5.81. The van der Waals surface area contributed by atoms with Crippen molar-refractivity contribution in [3.8, 4) is 0 Å². The third kappa shape index (κ3) is 5.22. The lowest BCUT2D eigenvalue weighted by molar-refractivity contribution is 0.108. The van der Waals surface area contributed by atoms with Gasteiger partial charge in [-0.05, 0) is 82.4 Å². The average Bonchev–Trinajstić information content (AvgIpc) is 2.32. The summed E-state index contributed by atoms with van der Waals surface area (Å²) in [6.45, 7) is 17.4. The van der Waals surface area contributed by atoms with Gasteiger partial charge < -0.3 is 0 Å². The van der Waals surface area contributed by atoms with E-state index in [1.807, 2.05) is 0 Å². The molecule has 1 aromatic rings. The molecule has 1 rings (SSSR count). The van der Waals surface area contributed by atoms with E-state index >= 15 is 0 Å². The van der Waals surface area contributed by atoms with E-state index in [2.05, 4.69) is 61.5 Å². The highest BCUT2D eigenvalue weighted by molar-refractivity contribution is 7.58. The molecule has 0 saturated heterocycles. The maximum Gasteiger partial charge on any atom is 0.181 e. The maximum atomic E-state index is 12.7. The summed E-state index contributed by atoms with van der Waals surface area (Å²) in [5.74, 6) is 0.610. The molecular weight excluding hydrogens is 275 g/mol. The van der Waals surface area contributed by atoms with Crippen molar-refractivity contribution < 1.29 is 4.79 Å². The Morgan fingerprint density at radius 3 is 2.00 bits per heavy atom. The molecule has 2 atom stereocenters. The van der Waals surface area contributed by atoms with Gasteiger partial charge in [-0.15, -0.1) is 0 Å². The lowest BCUT2D eigenvalue weighted by Gasteiger charge is -2.23. The Balaban J connectivity index is 2.82. The van der Waals surface area contributed by atoms with Crippen LogP contribution < -0.4 is 0 Å². The van der Waals surface area contributed by atoms with E-state index in [9.17, 15) is 4.79 Å². The fourth-order valence-electron chi connectivity index (χ4n) is 3.03. The number of benzene rings is 1. The van der Waals surface area contributed by atoms with Crippen LogP contribution in [-0.2, 0) is 0 Å². The summed E-state index contributed by atoms with van der Waals surface area (Å²) in [6, 6.07) is 2.19. The van der Waals surface area contributed by atoms with Gasteiger partial charge >= 0.3 is 0 Å². The lowest BCUT2D eigenvalue weighted by Crippen LogP contribution is -2.13. The van der Waals surface area contributed by atoms with Crippen LogP contribution in [0.5, 0.6) is 0 Å². The normalized spacial score (nSPS) is 13.9. The number of hydrogen-bond acceptors (Lipinski definition) is 1. The first kappa shape index (κ1) is 18.4. The Kier molecular flexibility index (Phi) is 6.17. The number of carbonyl (C=O) groups excluding carboxylic acids is 1. The minimum atomic E-state index is 0.345. The van der Waals surface area contributed by atoms with Crippen LogP contribution >= 0.6 is 8.58 Å². The lowest BCUT2D eigenvalue weighted by atomic mass is 9.86. The predicted molar refractivity (Wildman–Crippen MR) is 96.1 cm³/mol. The molecule has 0 spiro atoms. The molecule has 0 aromatic heterocycles. The van der Waals surface area contributed by atoms with Gasteiger partial charge in [0.05, 0.1) is 0 Å². The SMILES string of the molecule is Cc1cc(C)c(C)c(C(=O)PCC(C)CC(C)(C)C)c1C. The second-order valence-corrected chi connectivity index (χ2v) is 8.93. The van der Waals surface area contributed by atoms with E-state index in [4.69, 9.17) is 0 Å². The Hall–Kier alpha value is -0.680. The van der Waals surface area contributed by atoms with Gasteiger partial charge in [0.15, 0.2) is 5.52 Å². The molecule has 118 valence electrons. The van der Waals surface area contributed by atoms with Crippen molar-refractivity contribution in [2.24, 2.45) is 11.3 Å². The fourth-order valence-corrected chi connectivity index (χ4v) is 4.26. The first-order chi connectivity index (χ1) is 9.53. The highest BCUT2D eigenvalue weighted by Crippen LogP contribution is 2.32. The highest BCUT2D eigenvalue weighted by atomic mass is 31.1. The number of rotatable bonds is 5. The summed E-state index contributed by atoms with van der Waals surface area (Å²) in [6.07, 6.45) is 2.19. The minimum absolute atomic E-state index is 0.345. The van der Waals surface area contributed by atoms with Gasteiger partial charge in [-0.25, -0.2) is 0 Å². The number of hydrogen-bond donors (Lipinski definition) is 0. The van der Waals surface area contributed by atoms with Crippen molar-refractivity contribution in [2.45, 2.75) is 61.8 Å². The average molecular weight is 306 g/mol. The molecule has 0 amide bonds. The molecule has 0 aliphatic carbocycles. The second kappa shape index (κ2) is 7.05. The minimum Gasteiger partial charge on any atom is -0.289 e. The van der Waals surface area contributed by atoms with Gasteiger partial charge in [0, 0.05) is 5.56 Å². The van der Waals surface area contributed by atoms with E-state index in [1.54, 1.807) is 0 Å². The van der Waals surface area contributed by atoms with Gasteiger partial charge in [0.1, 0.15) is 0 Å². The van der Waals surface area contributed by atoms with Crippen molar-refractivity contribution >= 4 is 14.1 Å². The molecule has 0 fully saturated rings. The molecule has 21 heavy (non-hydrogen) atoms. The molecule has 0 aliphatic rings. The zero-order chi connectivity index (χ0) is 16.4. The quantitative estimate of drug-likeness (QED) is 0.627. The molecule has 2 unspecified atom stereocenters. The van der Waals surface area contributed by atoms with E-state index in [1.165, 1.54) is 28.7 Å². The van der Waals surface area contributed by atoms with Gasteiger partial charge in [0.25, 0.3) is 0 Å². The second-order valence-electron chi connectivity index (χ2n) is 7.72. The van der Waals surface area contributed by atoms with Crippen LogP contribution in [0.2, 0.25) is 0 Å². The Bertz CT molecular complexity index is 497. The summed E-state index contributed by atoms with van der Waals surface area (Å²) in [4.78, 5) is 12.7. The van der Waals surface area contributed by atoms with Crippen LogP contribution in [0.3, 0.4) is 0 Å². The summed E-state index contributed by atoms with van der Waals surface area (Å²) < 4.78 is 0. The summed E-state index contributed by atoms with van der Waals surface area (Å²) in [5, 5.41) is 0. The number of carbonyl (C=O) groups is 1. The molecular formula is C19H31OP. The van der Waals surface area contributed by atoms with Crippen molar-refractivity contribution in [1.82, 2.24) is 0 Å². The Morgan fingerprint density at radius 2 is 1.57 bits per heavy atom. The van der Waals surface area contributed by atoms with Crippen LogP contribution in [0, 0.1) is 39.0 Å². The Morgan fingerprint density at radius 1 is 1.10 bits per heavy atom. The highest BCUT2D eigenvalue weighted by Gasteiger charge is 2.19. The zero-order valence-corrected chi connectivity index (χ0v) is 16.0. The molecule has 0 bridgehead atoms. The standard InChI is InChI=1S/C19H31OP/c1-12(10-19(6,7)8)11-21-18(20)17-15(4)13(2)9-14(3)16(17)5/h9,12,21H,10-11H2,1-8H3. The molecule has 0 saturated carbocycles. The fraction of sp³-hybridized carbons (Fsp3) is 0.632. The number of aryl methyl sites for hydroxylation is 2. The van der Waals surface area contributed by atoms with Gasteiger partial charge in [-0.2, -0.15) is 0 Å². The first-order valence-electron chi connectivity index (χ1n) is 7.88. The molecule has 0 radical (unpaired) electrons. The van der Waals surface area contributed by atoms with Gasteiger partial charge in [-0.1, -0.05) is 33.8 Å². The Labute approximate surface area is 132 Å². The van der Waals surface area contributed by atoms with Crippen molar-refractivity contribution in [2.75, 3.05) is 6.16 Å². The van der Waals surface area contributed by atoms with Crippen molar-refractivity contribution in [1.29, 1.82) is 0 Å². The van der Waals surface area contributed by atoms with Crippen molar-refractivity contribution in [3.63, 3.8) is 0 Å². The summed E-state index contributed by atoms with van der Waals surface area (Å²) >= 11 is 0. The largest absolute Gasteiger partial charge is 0.289 e. The van der Waals surface area contributed by atoms with Crippen molar-refractivity contribution in [3.05, 3.63) is 33.9 Å². The molecule has 1 aromatic carbocycles. The maximum absolute atomic E-state index is 12.7. The van der Waals surface area contributed by atoms with Crippen LogP contribution in [0.15, 0.2) is 6.07 Å². The van der Waals surface area contributed by atoms with E-state index in [0.717, 1.165) is 11.7 Å². The molecule has 2 heteroatoms. The van der Waals surface area contributed by atoms with Crippen LogP contribution in [0.1, 0.15) is 66.7 Å². The topological polar surface area (TPSA) is 17.1 Å². The smallest absolute Gasteiger partial charge is 0.181 e. The summed E-state index contributed by atoms with van der Waals surface area (Å²) in [5.41, 5.74) is 6.46. The van der Waals surface area contributed by atoms with Crippen LogP contribution in [-0.4, -0.2) is 11.7 Å². The van der Waals surface area contributed by atoms with E-state index < -0.39 is 0 Å². The zero-order valence-electron chi connectivity index (χ0n) is 15.0. The summed E-state index contributed by atoms with van der Waals surface area (Å²) in [7, 11) is 0.396. The monoisotopic (exact) mass is 306 g/mol. The molecule has 0 aliphatic heterocycles. The molecule has 1 nitrogen and oxygen atoms in total. The first-order valence-corrected chi connectivity index (χ1v) is 9.09. The molecule has 0 N–H and O–H groups in total. The van der Waals surface area contributed by atoms with E-state index in [-0.39, 0.29) is 0 Å². The van der Waals surface area contributed by atoms with Crippen LogP contribution in [0.4, 0.5) is 0 Å². The van der Waals surface area contributed by atoms with Gasteiger partial charge in [0.2, 0.25) is 0 Å².